The van der Waals surface area contributed by atoms with Crippen LogP contribution >= 0.6 is 0 Å². The molecule has 4 nitrogen and oxygen atoms in total. The van der Waals surface area contributed by atoms with Crippen LogP contribution in [0.15, 0.2) is 48.7 Å². The third-order valence-corrected chi connectivity index (χ3v) is 3.94. The first kappa shape index (κ1) is 15.2. The van der Waals surface area contributed by atoms with Gasteiger partial charge in [-0.05, 0) is 37.6 Å². The lowest BCUT2D eigenvalue weighted by molar-refractivity contribution is 0.0698. The lowest BCUT2D eigenvalue weighted by Crippen LogP contribution is -2.01. The average molecular weight is 309 g/mol. The van der Waals surface area contributed by atoms with Crippen molar-refractivity contribution in [2.24, 2.45) is 0 Å². The number of aromatic carboxylic acids is 1. The number of nitrogens with zero attached hydrogens (tertiary/aromatic N) is 1. The molecule has 2 aromatic carbocycles. The molecule has 0 unspecified atom stereocenters. The standard InChI is InChI=1S/C19H19NO3/c1-3-20-11-14(12-23-15-7-4-6-13(2)10-15)16-8-5-9-17(18(16)20)19(21)22/h4-11H,3,12H2,1-2H3,(H,21,22). The molecule has 0 radical (unpaired) electrons. The summed E-state index contributed by atoms with van der Waals surface area (Å²) in [6.45, 7) is 5.15. The molecule has 3 rings (SSSR count). The summed E-state index contributed by atoms with van der Waals surface area (Å²) in [5.41, 5.74) is 3.22. The Morgan fingerprint density at radius 1 is 1.22 bits per heavy atom. The lowest BCUT2D eigenvalue weighted by Gasteiger charge is -2.06. The lowest BCUT2D eigenvalue weighted by atomic mass is 10.1. The Morgan fingerprint density at radius 3 is 2.70 bits per heavy atom. The van der Waals surface area contributed by atoms with E-state index in [0.717, 1.165) is 27.8 Å². The van der Waals surface area contributed by atoms with Crippen LogP contribution in [0.3, 0.4) is 0 Å². The van der Waals surface area contributed by atoms with Crippen molar-refractivity contribution in [1.82, 2.24) is 4.57 Å². The van der Waals surface area contributed by atoms with E-state index in [0.29, 0.717) is 18.7 Å². The molecule has 0 atom stereocenters. The van der Waals surface area contributed by atoms with Crippen LogP contribution in [0.4, 0.5) is 0 Å². The van der Waals surface area contributed by atoms with E-state index >= 15 is 0 Å². The van der Waals surface area contributed by atoms with Crippen LogP contribution in [0.2, 0.25) is 0 Å². The minimum Gasteiger partial charge on any atom is -0.489 e. The van der Waals surface area contributed by atoms with Crippen LogP contribution in [0.5, 0.6) is 5.75 Å². The summed E-state index contributed by atoms with van der Waals surface area (Å²) in [4.78, 5) is 11.5. The first-order chi connectivity index (χ1) is 11.1. The fourth-order valence-corrected chi connectivity index (χ4v) is 2.84. The van der Waals surface area contributed by atoms with Crippen molar-refractivity contribution in [1.29, 1.82) is 0 Å². The highest BCUT2D eigenvalue weighted by Crippen LogP contribution is 2.26. The van der Waals surface area contributed by atoms with Crippen molar-refractivity contribution < 1.29 is 14.6 Å². The van der Waals surface area contributed by atoms with Gasteiger partial charge in [0.15, 0.2) is 0 Å². The number of fused-ring (bicyclic) bond motifs is 1. The average Bonchev–Trinajstić information content (AvgIpc) is 2.91. The zero-order valence-corrected chi connectivity index (χ0v) is 13.2. The van der Waals surface area contributed by atoms with Crippen LogP contribution in [0.1, 0.15) is 28.4 Å². The van der Waals surface area contributed by atoms with Crippen molar-refractivity contribution in [3.05, 3.63) is 65.4 Å². The van der Waals surface area contributed by atoms with Crippen LogP contribution in [-0.2, 0) is 13.2 Å². The zero-order valence-electron chi connectivity index (χ0n) is 13.2. The maximum absolute atomic E-state index is 11.5. The van der Waals surface area contributed by atoms with Gasteiger partial charge in [-0.1, -0.05) is 24.3 Å². The molecular formula is C19H19NO3. The molecule has 0 bridgehead atoms. The van der Waals surface area contributed by atoms with E-state index in [1.54, 1.807) is 12.1 Å². The third kappa shape index (κ3) is 2.93. The molecule has 0 amide bonds. The zero-order chi connectivity index (χ0) is 16.4. The van der Waals surface area contributed by atoms with E-state index in [2.05, 4.69) is 0 Å². The normalized spacial score (nSPS) is 10.9. The number of aryl methyl sites for hydroxylation is 2. The van der Waals surface area contributed by atoms with Crippen molar-refractivity contribution in [2.45, 2.75) is 27.0 Å². The highest BCUT2D eigenvalue weighted by Gasteiger charge is 2.15. The number of carboxylic acids is 1. The highest BCUT2D eigenvalue weighted by molar-refractivity contribution is 6.03. The van der Waals surface area contributed by atoms with Gasteiger partial charge in [-0.2, -0.15) is 0 Å². The fourth-order valence-electron chi connectivity index (χ4n) is 2.84. The quantitative estimate of drug-likeness (QED) is 0.766. The molecule has 0 saturated carbocycles. The molecule has 3 aromatic rings. The number of benzene rings is 2. The molecule has 118 valence electrons. The van der Waals surface area contributed by atoms with E-state index in [1.807, 2.05) is 54.9 Å². The fraction of sp³-hybridized carbons (Fsp3) is 0.211. The summed E-state index contributed by atoms with van der Waals surface area (Å²) in [7, 11) is 0. The SMILES string of the molecule is CCn1cc(COc2cccc(C)c2)c2cccc(C(=O)O)c21. The van der Waals surface area contributed by atoms with E-state index in [4.69, 9.17) is 4.74 Å². The van der Waals surface area contributed by atoms with Gasteiger partial charge in [-0.3, -0.25) is 0 Å². The van der Waals surface area contributed by atoms with E-state index in [9.17, 15) is 9.90 Å². The van der Waals surface area contributed by atoms with Gasteiger partial charge in [0.25, 0.3) is 0 Å². The smallest absolute Gasteiger partial charge is 0.337 e. The molecule has 0 aliphatic carbocycles. The van der Waals surface area contributed by atoms with Crippen LogP contribution < -0.4 is 4.74 Å². The topological polar surface area (TPSA) is 51.5 Å². The first-order valence-electron chi connectivity index (χ1n) is 7.63. The van der Waals surface area contributed by atoms with E-state index in [1.165, 1.54) is 0 Å². The van der Waals surface area contributed by atoms with E-state index < -0.39 is 5.97 Å². The molecule has 0 saturated heterocycles. The molecule has 1 N–H and O–H groups in total. The number of carboxylic acid groups (broad SMARTS) is 1. The van der Waals surface area contributed by atoms with Gasteiger partial charge in [0.05, 0.1) is 11.1 Å². The summed E-state index contributed by atoms with van der Waals surface area (Å²) in [5, 5.41) is 10.3. The Balaban J connectivity index is 1.98. The Hall–Kier alpha value is -2.75. The van der Waals surface area contributed by atoms with Gasteiger partial charge < -0.3 is 14.4 Å². The maximum Gasteiger partial charge on any atom is 0.337 e. The largest absolute Gasteiger partial charge is 0.489 e. The van der Waals surface area contributed by atoms with Gasteiger partial charge in [-0.15, -0.1) is 0 Å². The summed E-state index contributed by atoms with van der Waals surface area (Å²) >= 11 is 0. The van der Waals surface area contributed by atoms with Gasteiger partial charge in [-0.25, -0.2) is 4.79 Å². The molecule has 0 fully saturated rings. The number of rotatable bonds is 5. The number of ether oxygens (including phenoxy) is 1. The van der Waals surface area contributed by atoms with Crippen molar-refractivity contribution in [3.8, 4) is 5.75 Å². The Labute approximate surface area is 134 Å². The number of aromatic nitrogens is 1. The van der Waals surface area contributed by atoms with Crippen molar-refractivity contribution in [2.75, 3.05) is 0 Å². The minimum atomic E-state index is -0.908. The summed E-state index contributed by atoms with van der Waals surface area (Å²) < 4.78 is 7.84. The Bertz CT molecular complexity index is 864. The molecule has 4 heteroatoms. The Morgan fingerprint density at radius 2 is 2.00 bits per heavy atom. The monoisotopic (exact) mass is 309 g/mol. The van der Waals surface area contributed by atoms with Gasteiger partial charge in [0, 0.05) is 23.7 Å². The second kappa shape index (κ2) is 6.16. The van der Waals surface area contributed by atoms with Gasteiger partial charge in [0.1, 0.15) is 12.4 Å². The number of hydrogen-bond donors (Lipinski definition) is 1. The molecule has 0 aliphatic heterocycles. The second-order valence-corrected chi connectivity index (χ2v) is 5.55. The second-order valence-electron chi connectivity index (χ2n) is 5.55. The predicted molar refractivity (Wildman–Crippen MR) is 90.1 cm³/mol. The maximum atomic E-state index is 11.5. The van der Waals surface area contributed by atoms with Crippen molar-refractivity contribution in [3.63, 3.8) is 0 Å². The number of para-hydroxylation sites is 1. The number of carbonyl (C=O) groups is 1. The van der Waals surface area contributed by atoms with Crippen LogP contribution in [-0.4, -0.2) is 15.6 Å². The Kier molecular flexibility index (Phi) is 4.06. The minimum absolute atomic E-state index is 0.325. The van der Waals surface area contributed by atoms with E-state index in [-0.39, 0.29) is 0 Å². The first-order valence-corrected chi connectivity index (χ1v) is 7.63. The molecular weight excluding hydrogens is 290 g/mol. The molecule has 1 aromatic heterocycles. The third-order valence-electron chi connectivity index (χ3n) is 3.94. The number of hydrogen-bond acceptors (Lipinski definition) is 2. The van der Waals surface area contributed by atoms with Crippen LogP contribution in [0, 0.1) is 6.92 Å². The summed E-state index contributed by atoms with van der Waals surface area (Å²) in [5.74, 6) is -0.0914. The molecule has 0 aliphatic rings. The van der Waals surface area contributed by atoms with Crippen LogP contribution in [0.25, 0.3) is 10.9 Å². The van der Waals surface area contributed by atoms with Crippen molar-refractivity contribution >= 4 is 16.9 Å². The van der Waals surface area contributed by atoms with Gasteiger partial charge >= 0.3 is 5.97 Å². The molecule has 1 heterocycles. The summed E-state index contributed by atoms with van der Waals surface area (Å²) in [6.07, 6.45) is 1.98. The summed E-state index contributed by atoms with van der Waals surface area (Å²) in [6, 6.07) is 13.3. The highest BCUT2D eigenvalue weighted by atomic mass is 16.5. The molecule has 23 heavy (non-hydrogen) atoms. The molecule has 0 spiro atoms. The predicted octanol–water partition coefficient (Wildman–Crippen LogP) is 4.25. The van der Waals surface area contributed by atoms with Gasteiger partial charge in [0.2, 0.25) is 0 Å².